The molecule has 0 saturated carbocycles. The first-order valence-corrected chi connectivity index (χ1v) is 17.6. The highest BCUT2D eigenvalue weighted by molar-refractivity contribution is 6.25. The third-order valence-corrected chi connectivity index (χ3v) is 10.2. The highest BCUT2D eigenvalue weighted by Crippen LogP contribution is 2.34. The Kier molecular flexibility index (Phi) is 9.72. The molecule has 0 aromatic carbocycles. The number of aliphatic imine (C=N–C) groups is 2. The van der Waals surface area contributed by atoms with Gasteiger partial charge in [0.2, 0.25) is 5.88 Å². The van der Waals surface area contributed by atoms with Gasteiger partial charge in [0.15, 0.2) is 0 Å². The fourth-order valence-corrected chi connectivity index (χ4v) is 7.27. The number of hydrogen-bond donors (Lipinski definition) is 2. The number of aromatic nitrogens is 1. The van der Waals surface area contributed by atoms with E-state index in [1.165, 1.54) is 18.2 Å². The zero-order valence-corrected chi connectivity index (χ0v) is 30.1. The van der Waals surface area contributed by atoms with Crippen LogP contribution in [0.2, 0.25) is 0 Å². The molecule has 0 fully saturated rings. The number of nitrogens with zero attached hydrogens (tertiary/aromatic N) is 3. The molecule has 9 nitrogen and oxygen atoms in total. The predicted octanol–water partition coefficient (Wildman–Crippen LogP) is 5.37. The molecule has 256 valence electrons. The fraction of sp³-hybridized carbons (Fsp3) is 0.425. The van der Waals surface area contributed by atoms with Crippen molar-refractivity contribution in [1.29, 1.82) is 0 Å². The van der Waals surface area contributed by atoms with Crippen LogP contribution in [0, 0.1) is 6.92 Å². The standard InChI is InChI=1S/C40H47N5O4/c1-9-12-13-14-17-41-39-35-24(7)31-20-33-26(11-3)22(5)29(43-33)19-32-25(10-2)21(4)28(42-32)18-30-23(6)27(15-16-34(46)48-8)37(44-30)36(38(35)45-31)40(47)49-39/h18-20,41-42H,9-17H2,1-8H3. The highest BCUT2D eigenvalue weighted by Gasteiger charge is 2.29. The molecule has 2 aromatic heterocycles. The summed E-state index contributed by atoms with van der Waals surface area (Å²) in [5.74, 6) is 0.0949. The van der Waals surface area contributed by atoms with Crippen LogP contribution in [0.15, 0.2) is 64.0 Å². The van der Waals surface area contributed by atoms with Crippen LogP contribution in [-0.2, 0) is 16.0 Å². The molecule has 8 bridgehead atoms. The Hall–Kier alpha value is -4.79. The van der Waals surface area contributed by atoms with Crippen LogP contribution in [0.1, 0.15) is 103 Å². The summed E-state index contributed by atoms with van der Waals surface area (Å²) in [6.07, 6.45) is 12.8. The second-order valence-corrected chi connectivity index (χ2v) is 13.1. The minimum atomic E-state index is -0.517. The van der Waals surface area contributed by atoms with Gasteiger partial charge in [-0.2, -0.15) is 0 Å². The molecule has 0 saturated heterocycles. The van der Waals surface area contributed by atoms with Gasteiger partial charge in [-0.05, 0) is 111 Å². The SMILES string of the molecule is CCCCCCNc1oc(=O)c2c3c1C(C)=C(C=C1N=C(C=c4[nH]c(c(C)c4CC)=CC4=NC=2C(CCC(=O)OC)=C4C)C(C)=C1CC)N=3. The Balaban J connectivity index is 1.70. The summed E-state index contributed by atoms with van der Waals surface area (Å²) >= 11 is 0. The lowest BCUT2D eigenvalue weighted by Crippen LogP contribution is -2.42. The van der Waals surface area contributed by atoms with Gasteiger partial charge in [-0.1, -0.05) is 40.0 Å². The average molecular weight is 662 g/mol. The Labute approximate surface area is 287 Å². The number of aromatic amines is 1. The third-order valence-electron chi connectivity index (χ3n) is 10.2. The second kappa shape index (κ2) is 14.0. The highest BCUT2D eigenvalue weighted by atomic mass is 16.5. The molecular formula is C40H47N5O4. The van der Waals surface area contributed by atoms with E-state index in [4.69, 9.17) is 24.1 Å². The van der Waals surface area contributed by atoms with Crippen LogP contribution in [0.4, 0.5) is 5.88 Å². The zero-order valence-electron chi connectivity index (χ0n) is 30.1. The van der Waals surface area contributed by atoms with E-state index in [0.717, 1.165) is 105 Å². The molecule has 6 rings (SSSR count). The second-order valence-electron chi connectivity index (χ2n) is 13.1. The quantitative estimate of drug-likeness (QED) is 0.248. The minimum Gasteiger partial charge on any atom is -0.469 e. The molecule has 0 aliphatic carbocycles. The van der Waals surface area contributed by atoms with Crippen molar-refractivity contribution in [1.82, 2.24) is 4.98 Å². The molecule has 2 aromatic rings. The van der Waals surface area contributed by atoms with Gasteiger partial charge < -0.3 is 19.5 Å². The lowest BCUT2D eigenvalue weighted by molar-refractivity contribution is -0.140. The van der Waals surface area contributed by atoms with E-state index in [2.05, 4.69) is 51.0 Å². The monoisotopic (exact) mass is 661 g/mol. The summed E-state index contributed by atoms with van der Waals surface area (Å²) in [6, 6.07) is 0. The number of allylic oxidation sites excluding steroid dienone is 5. The van der Waals surface area contributed by atoms with E-state index in [0.29, 0.717) is 35.1 Å². The maximum absolute atomic E-state index is 14.1. The summed E-state index contributed by atoms with van der Waals surface area (Å²) < 4.78 is 11.1. The Morgan fingerprint density at radius 2 is 1.61 bits per heavy atom. The predicted molar refractivity (Wildman–Crippen MR) is 197 cm³/mol. The molecule has 6 heterocycles. The zero-order chi connectivity index (χ0) is 35.0. The first-order chi connectivity index (χ1) is 23.6. The van der Waals surface area contributed by atoms with Crippen molar-refractivity contribution in [3.63, 3.8) is 0 Å². The van der Waals surface area contributed by atoms with E-state index in [-0.39, 0.29) is 12.4 Å². The van der Waals surface area contributed by atoms with Crippen LogP contribution in [0.25, 0.3) is 23.4 Å². The molecule has 9 heteroatoms. The van der Waals surface area contributed by atoms with Gasteiger partial charge in [0.05, 0.1) is 46.5 Å². The van der Waals surface area contributed by atoms with Gasteiger partial charge in [0.1, 0.15) is 5.22 Å². The van der Waals surface area contributed by atoms with Crippen molar-refractivity contribution in [2.45, 2.75) is 99.8 Å². The smallest absolute Gasteiger partial charge is 0.349 e. The van der Waals surface area contributed by atoms with Crippen LogP contribution >= 0.6 is 0 Å². The number of nitrogens with one attached hydrogen (secondary N) is 2. The summed E-state index contributed by atoms with van der Waals surface area (Å²) in [6.45, 7) is 15.4. The summed E-state index contributed by atoms with van der Waals surface area (Å²) in [5.41, 5.74) is 11.2. The van der Waals surface area contributed by atoms with E-state index >= 15 is 0 Å². The molecule has 49 heavy (non-hydrogen) atoms. The molecule has 0 atom stereocenters. The topological polar surface area (TPSA) is 121 Å². The molecule has 0 spiro atoms. The summed E-state index contributed by atoms with van der Waals surface area (Å²) in [5, 5.41) is 6.22. The van der Waals surface area contributed by atoms with Crippen molar-refractivity contribution < 1.29 is 13.9 Å². The molecule has 4 aliphatic heterocycles. The van der Waals surface area contributed by atoms with Gasteiger partial charge >= 0.3 is 11.6 Å². The van der Waals surface area contributed by atoms with Crippen molar-refractivity contribution in [2.75, 3.05) is 19.0 Å². The Morgan fingerprint density at radius 1 is 0.878 bits per heavy atom. The van der Waals surface area contributed by atoms with Gasteiger partial charge in [-0.3, -0.25) is 4.79 Å². The maximum atomic E-state index is 14.1. The molecule has 0 unspecified atom stereocenters. The fourth-order valence-electron chi connectivity index (χ4n) is 7.27. The van der Waals surface area contributed by atoms with Crippen LogP contribution in [0.3, 0.4) is 0 Å². The van der Waals surface area contributed by atoms with Gasteiger partial charge in [-0.15, -0.1) is 0 Å². The van der Waals surface area contributed by atoms with Gasteiger partial charge in [0.25, 0.3) is 0 Å². The molecule has 0 radical (unpaired) electrons. The largest absolute Gasteiger partial charge is 0.469 e. The van der Waals surface area contributed by atoms with Crippen LogP contribution in [-0.4, -0.2) is 36.0 Å². The maximum Gasteiger partial charge on any atom is 0.349 e. The van der Waals surface area contributed by atoms with Crippen molar-refractivity contribution in [3.8, 4) is 0 Å². The number of ether oxygens (including phenoxy) is 1. The number of carbonyl (C=O) groups is 1. The Bertz CT molecular complexity index is 2270. The van der Waals surface area contributed by atoms with E-state index in [1.54, 1.807) is 0 Å². The number of carbonyl (C=O) groups excluding carboxylic acids is 1. The summed E-state index contributed by atoms with van der Waals surface area (Å²) in [4.78, 5) is 45.6. The third kappa shape index (κ3) is 6.15. The van der Waals surface area contributed by atoms with Gasteiger partial charge in [0, 0.05) is 23.7 Å². The number of rotatable bonds is 11. The number of esters is 1. The van der Waals surface area contributed by atoms with Crippen molar-refractivity contribution in [3.05, 3.63) is 88.1 Å². The number of fused-ring (bicyclic) bond motifs is 5. The molecule has 2 N–H and O–H groups in total. The Morgan fingerprint density at radius 3 is 2.33 bits per heavy atom. The minimum absolute atomic E-state index is 0.151. The number of H-pyrrole nitrogens is 1. The number of hydrogen-bond acceptors (Lipinski definition) is 8. The van der Waals surface area contributed by atoms with Crippen molar-refractivity contribution in [2.24, 2.45) is 15.0 Å². The van der Waals surface area contributed by atoms with Crippen molar-refractivity contribution >= 4 is 46.7 Å². The van der Waals surface area contributed by atoms with E-state index < -0.39 is 5.63 Å². The number of anilines is 1. The van der Waals surface area contributed by atoms with E-state index in [9.17, 15) is 9.59 Å². The first-order valence-electron chi connectivity index (χ1n) is 17.6. The lowest BCUT2D eigenvalue weighted by Gasteiger charge is -2.10. The lowest BCUT2D eigenvalue weighted by atomic mass is 9.98. The first kappa shape index (κ1) is 34.1. The number of methoxy groups -OCH3 is 1. The van der Waals surface area contributed by atoms with Gasteiger partial charge in [-0.25, -0.2) is 19.8 Å². The average Bonchev–Trinajstić information content (AvgIpc) is 3.76. The van der Waals surface area contributed by atoms with Crippen LogP contribution < -0.4 is 32.2 Å². The summed E-state index contributed by atoms with van der Waals surface area (Å²) in [7, 11) is 1.38. The molecule has 0 amide bonds. The number of unbranched alkanes of at least 4 members (excludes halogenated alkanes) is 3. The van der Waals surface area contributed by atoms with E-state index in [1.807, 2.05) is 26.0 Å². The normalized spacial score (nSPS) is 16.4. The van der Waals surface area contributed by atoms with Crippen LogP contribution in [0.5, 0.6) is 0 Å². The molecule has 4 aliphatic rings. The molecular weight excluding hydrogens is 614 g/mol.